The summed E-state index contributed by atoms with van der Waals surface area (Å²) >= 11 is 0. The van der Waals surface area contributed by atoms with Gasteiger partial charge in [-0.2, -0.15) is 0 Å². The van der Waals surface area contributed by atoms with Crippen LogP contribution in [0.4, 0.5) is 0 Å². The average Bonchev–Trinajstić information content (AvgIpc) is 3.27. The molecule has 3 N–H and O–H groups in total. The van der Waals surface area contributed by atoms with Crippen LogP contribution in [0.25, 0.3) is 0 Å². The summed E-state index contributed by atoms with van der Waals surface area (Å²) in [4.78, 5) is 31.4. The van der Waals surface area contributed by atoms with Gasteiger partial charge in [-0.3, -0.25) is 4.79 Å². The average molecular weight is 327 g/mol. The number of hydrogen-bond donors (Lipinski definition) is 3. The number of nitrogens with zero attached hydrogens (tertiary/aromatic N) is 1. The lowest BCUT2D eigenvalue weighted by Crippen LogP contribution is -2.50. The SMILES string of the molecule is O=C(O)[C@H](Cc1c[nH]cn1)NC(=O)C1(c2ccccc2)CCCC1. The van der Waals surface area contributed by atoms with Crippen molar-refractivity contribution in [3.05, 3.63) is 54.1 Å². The standard InChI is InChI=1S/C18H21N3O3/c22-16(23)15(10-14-11-19-12-20-14)21-17(24)18(8-4-5-9-18)13-6-2-1-3-7-13/h1-3,6-7,11-12,15H,4-5,8-10H2,(H,19,20)(H,21,24)(H,22,23)/t15-/m0/s1. The number of rotatable bonds is 6. The van der Waals surface area contributed by atoms with Gasteiger partial charge in [0, 0.05) is 12.6 Å². The number of carboxylic acid groups (broad SMARTS) is 1. The van der Waals surface area contributed by atoms with Crippen molar-refractivity contribution in [2.45, 2.75) is 43.6 Å². The fourth-order valence-electron chi connectivity index (χ4n) is 3.49. The van der Waals surface area contributed by atoms with Gasteiger partial charge < -0.3 is 15.4 Å². The lowest BCUT2D eigenvalue weighted by Gasteiger charge is -2.30. The van der Waals surface area contributed by atoms with Crippen molar-refractivity contribution in [3.8, 4) is 0 Å². The van der Waals surface area contributed by atoms with Crippen LogP contribution >= 0.6 is 0 Å². The summed E-state index contributed by atoms with van der Waals surface area (Å²) in [6.07, 6.45) is 6.74. The third kappa shape index (κ3) is 3.18. The van der Waals surface area contributed by atoms with Crippen molar-refractivity contribution < 1.29 is 14.7 Å². The highest BCUT2D eigenvalue weighted by molar-refractivity contribution is 5.91. The predicted molar refractivity (Wildman–Crippen MR) is 88.4 cm³/mol. The van der Waals surface area contributed by atoms with Gasteiger partial charge in [-0.25, -0.2) is 9.78 Å². The molecule has 126 valence electrons. The zero-order valence-corrected chi connectivity index (χ0v) is 13.4. The number of aromatic nitrogens is 2. The molecule has 1 aromatic heterocycles. The van der Waals surface area contributed by atoms with E-state index in [9.17, 15) is 14.7 Å². The quantitative estimate of drug-likeness (QED) is 0.756. The van der Waals surface area contributed by atoms with Crippen molar-refractivity contribution in [2.24, 2.45) is 0 Å². The summed E-state index contributed by atoms with van der Waals surface area (Å²) in [6, 6.07) is 8.68. The minimum absolute atomic E-state index is 0.162. The van der Waals surface area contributed by atoms with Crippen molar-refractivity contribution in [1.29, 1.82) is 0 Å². The number of benzene rings is 1. The Morgan fingerprint density at radius 3 is 2.54 bits per heavy atom. The van der Waals surface area contributed by atoms with Gasteiger partial charge >= 0.3 is 5.97 Å². The summed E-state index contributed by atoms with van der Waals surface area (Å²) in [7, 11) is 0. The molecule has 0 spiro atoms. The monoisotopic (exact) mass is 327 g/mol. The number of aliphatic carboxylic acids is 1. The largest absolute Gasteiger partial charge is 0.480 e. The number of imidazole rings is 1. The Balaban J connectivity index is 1.81. The highest BCUT2D eigenvalue weighted by Crippen LogP contribution is 2.41. The van der Waals surface area contributed by atoms with Crippen molar-refractivity contribution in [3.63, 3.8) is 0 Å². The van der Waals surface area contributed by atoms with Gasteiger partial charge in [-0.05, 0) is 18.4 Å². The van der Waals surface area contributed by atoms with Gasteiger partial charge in [0.2, 0.25) is 5.91 Å². The van der Waals surface area contributed by atoms with Gasteiger partial charge in [0.25, 0.3) is 0 Å². The van der Waals surface area contributed by atoms with Crippen LogP contribution in [0.15, 0.2) is 42.9 Å². The first-order valence-electron chi connectivity index (χ1n) is 8.19. The van der Waals surface area contributed by atoms with Gasteiger partial charge in [0.15, 0.2) is 0 Å². The van der Waals surface area contributed by atoms with E-state index in [1.807, 2.05) is 30.3 Å². The Kier molecular flexibility index (Phi) is 4.64. The summed E-state index contributed by atoms with van der Waals surface area (Å²) in [5, 5.41) is 12.2. The van der Waals surface area contributed by atoms with E-state index in [1.54, 1.807) is 6.20 Å². The maximum Gasteiger partial charge on any atom is 0.326 e. The Morgan fingerprint density at radius 2 is 1.96 bits per heavy atom. The molecule has 1 amide bonds. The third-order valence-corrected chi connectivity index (χ3v) is 4.79. The number of carbonyl (C=O) groups is 2. The number of H-pyrrole nitrogens is 1. The number of aromatic amines is 1. The molecule has 1 aliphatic carbocycles. The second-order valence-electron chi connectivity index (χ2n) is 6.28. The number of nitrogens with one attached hydrogen (secondary N) is 2. The third-order valence-electron chi connectivity index (χ3n) is 4.79. The van der Waals surface area contributed by atoms with Gasteiger partial charge in [0.1, 0.15) is 6.04 Å². The van der Waals surface area contributed by atoms with Crippen molar-refractivity contribution in [1.82, 2.24) is 15.3 Å². The fourth-order valence-corrected chi connectivity index (χ4v) is 3.49. The second kappa shape index (κ2) is 6.86. The van der Waals surface area contributed by atoms with Gasteiger partial charge in [-0.15, -0.1) is 0 Å². The molecule has 1 fully saturated rings. The first-order valence-corrected chi connectivity index (χ1v) is 8.19. The second-order valence-corrected chi connectivity index (χ2v) is 6.28. The van der Waals surface area contributed by atoms with Crippen LogP contribution in [-0.2, 0) is 21.4 Å². The maximum atomic E-state index is 13.0. The van der Waals surface area contributed by atoms with E-state index in [4.69, 9.17) is 0 Å². The van der Waals surface area contributed by atoms with Crippen LogP contribution in [0.3, 0.4) is 0 Å². The highest BCUT2D eigenvalue weighted by Gasteiger charge is 2.43. The van der Waals surface area contributed by atoms with Crippen LogP contribution in [0.2, 0.25) is 0 Å². The summed E-state index contributed by atoms with van der Waals surface area (Å²) < 4.78 is 0. The molecule has 6 nitrogen and oxygen atoms in total. The van der Waals surface area contributed by atoms with E-state index in [0.29, 0.717) is 5.69 Å². The van der Waals surface area contributed by atoms with E-state index in [-0.39, 0.29) is 12.3 Å². The van der Waals surface area contributed by atoms with Crippen LogP contribution in [-0.4, -0.2) is 33.0 Å². The molecule has 0 bridgehead atoms. The molecule has 0 aliphatic heterocycles. The van der Waals surface area contributed by atoms with Crippen molar-refractivity contribution >= 4 is 11.9 Å². The van der Waals surface area contributed by atoms with Crippen molar-refractivity contribution in [2.75, 3.05) is 0 Å². The maximum absolute atomic E-state index is 13.0. The Bertz CT molecular complexity index is 692. The zero-order chi connectivity index (χ0) is 17.0. The molecule has 1 aliphatic rings. The molecule has 1 aromatic carbocycles. The summed E-state index contributed by atoms with van der Waals surface area (Å²) in [5.41, 5.74) is 0.951. The molecule has 0 unspecified atom stereocenters. The predicted octanol–water partition coefficient (Wildman–Crippen LogP) is 2.03. The first kappa shape index (κ1) is 16.2. The lowest BCUT2D eigenvalue weighted by molar-refractivity contribution is -0.142. The van der Waals surface area contributed by atoms with Crippen LogP contribution < -0.4 is 5.32 Å². The fraction of sp³-hybridized carbons (Fsp3) is 0.389. The zero-order valence-electron chi connectivity index (χ0n) is 13.4. The number of carboxylic acids is 1. The molecule has 0 radical (unpaired) electrons. The Morgan fingerprint density at radius 1 is 1.25 bits per heavy atom. The molecule has 0 saturated heterocycles. The smallest absolute Gasteiger partial charge is 0.326 e. The van der Waals surface area contributed by atoms with E-state index in [1.165, 1.54) is 6.33 Å². The number of hydrogen-bond acceptors (Lipinski definition) is 3. The molecule has 1 atom stereocenters. The molecule has 2 aromatic rings. The molecule has 6 heteroatoms. The van der Waals surface area contributed by atoms with Gasteiger partial charge in [-0.1, -0.05) is 43.2 Å². The molecular formula is C18H21N3O3. The van der Waals surface area contributed by atoms with Crippen LogP contribution in [0, 0.1) is 0 Å². The molecule has 1 saturated carbocycles. The minimum Gasteiger partial charge on any atom is -0.480 e. The number of carbonyl (C=O) groups excluding carboxylic acids is 1. The topological polar surface area (TPSA) is 95.1 Å². The normalized spacial score (nSPS) is 17.3. The van der Waals surface area contributed by atoms with E-state index in [2.05, 4.69) is 15.3 Å². The number of amides is 1. The first-order chi connectivity index (χ1) is 11.6. The summed E-state index contributed by atoms with van der Waals surface area (Å²) in [6.45, 7) is 0. The van der Waals surface area contributed by atoms with E-state index in [0.717, 1.165) is 31.2 Å². The molecule has 3 rings (SSSR count). The van der Waals surface area contributed by atoms with Crippen LogP contribution in [0.5, 0.6) is 0 Å². The van der Waals surface area contributed by atoms with Crippen LogP contribution in [0.1, 0.15) is 36.9 Å². The lowest BCUT2D eigenvalue weighted by atomic mass is 9.77. The Hall–Kier alpha value is -2.63. The summed E-state index contributed by atoms with van der Waals surface area (Å²) in [5.74, 6) is -1.25. The van der Waals surface area contributed by atoms with E-state index < -0.39 is 17.4 Å². The highest BCUT2D eigenvalue weighted by atomic mass is 16.4. The molecular weight excluding hydrogens is 306 g/mol. The Labute approximate surface area is 140 Å². The molecule has 24 heavy (non-hydrogen) atoms. The van der Waals surface area contributed by atoms with E-state index >= 15 is 0 Å². The minimum atomic E-state index is -1.05. The van der Waals surface area contributed by atoms with Gasteiger partial charge in [0.05, 0.1) is 17.4 Å². The molecule has 1 heterocycles.